The van der Waals surface area contributed by atoms with Gasteiger partial charge in [-0.3, -0.25) is 9.78 Å². The Morgan fingerprint density at radius 1 is 1.58 bits per heavy atom. The van der Waals surface area contributed by atoms with E-state index < -0.39 is 0 Å². The topological polar surface area (TPSA) is 68.0 Å². The van der Waals surface area contributed by atoms with Gasteiger partial charge in [0.1, 0.15) is 4.88 Å². The van der Waals surface area contributed by atoms with Gasteiger partial charge in [-0.15, -0.1) is 11.3 Å². The van der Waals surface area contributed by atoms with Crippen LogP contribution in [0.3, 0.4) is 0 Å². The molecule has 3 N–H and O–H groups in total. The Hall–Kier alpha value is -1.27. The zero-order valence-corrected chi connectivity index (χ0v) is 12.0. The van der Waals surface area contributed by atoms with Gasteiger partial charge in [0.2, 0.25) is 0 Å². The number of amides is 1. The van der Waals surface area contributed by atoms with Crippen molar-refractivity contribution in [2.75, 3.05) is 23.8 Å². The number of carbonyl (C=O) groups excluding carboxylic acids is 1. The van der Waals surface area contributed by atoms with Gasteiger partial charge in [-0.25, -0.2) is 0 Å². The molecule has 1 saturated heterocycles. The van der Waals surface area contributed by atoms with Crippen LogP contribution in [-0.2, 0) is 0 Å². The first kappa shape index (κ1) is 12.7. The zero-order chi connectivity index (χ0) is 13.2. The molecule has 3 heterocycles. The van der Waals surface area contributed by atoms with Gasteiger partial charge >= 0.3 is 0 Å². The third-order valence-electron chi connectivity index (χ3n) is 3.31. The molecule has 1 fully saturated rings. The van der Waals surface area contributed by atoms with Crippen molar-refractivity contribution in [2.45, 2.75) is 6.42 Å². The Morgan fingerprint density at radius 2 is 2.47 bits per heavy atom. The van der Waals surface area contributed by atoms with Gasteiger partial charge in [0.25, 0.3) is 5.91 Å². The maximum Gasteiger partial charge on any atom is 0.263 e. The largest absolute Gasteiger partial charge is 0.397 e. The van der Waals surface area contributed by atoms with Gasteiger partial charge in [0.05, 0.1) is 10.4 Å². The molecular weight excluding hydrogens is 278 g/mol. The van der Waals surface area contributed by atoms with Crippen LogP contribution in [0.5, 0.6) is 0 Å². The van der Waals surface area contributed by atoms with Crippen LogP contribution in [0.1, 0.15) is 16.1 Å². The van der Waals surface area contributed by atoms with E-state index in [1.54, 1.807) is 12.4 Å². The molecule has 1 atom stereocenters. The monoisotopic (exact) mass is 293 g/mol. The number of aromatic nitrogens is 1. The molecule has 2 aromatic heterocycles. The van der Waals surface area contributed by atoms with Crippen LogP contribution in [0.2, 0.25) is 0 Å². The number of nitrogens with one attached hydrogen (secondary N) is 1. The fraction of sp³-hybridized carbons (Fsp3) is 0.385. The molecule has 0 saturated carbocycles. The number of carbonyl (C=O) groups is 1. The molecule has 100 valence electrons. The minimum Gasteiger partial charge on any atom is -0.397 e. The van der Waals surface area contributed by atoms with Gasteiger partial charge in [-0.05, 0) is 29.9 Å². The Balaban J connectivity index is 1.75. The lowest BCUT2D eigenvalue weighted by Gasteiger charge is -2.09. The molecular formula is C13H15N3OS2. The van der Waals surface area contributed by atoms with Gasteiger partial charge in [0, 0.05) is 24.3 Å². The third kappa shape index (κ3) is 2.55. The number of nitrogens with two attached hydrogens (primary N) is 1. The fourth-order valence-corrected chi connectivity index (χ4v) is 4.49. The van der Waals surface area contributed by atoms with Crippen molar-refractivity contribution >= 4 is 44.8 Å². The second-order valence-corrected chi connectivity index (χ2v) is 6.86. The van der Waals surface area contributed by atoms with E-state index in [0.29, 0.717) is 16.5 Å². The summed E-state index contributed by atoms with van der Waals surface area (Å²) in [5, 5.41) is 3.92. The predicted molar refractivity (Wildman–Crippen MR) is 81.8 cm³/mol. The molecule has 1 unspecified atom stereocenters. The highest BCUT2D eigenvalue weighted by molar-refractivity contribution is 7.99. The maximum absolute atomic E-state index is 12.2. The predicted octanol–water partition coefficient (Wildman–Crippen LogP) is 2.36. The lowest BCUT2D eigenvalue weighted by molar-refractivity contribution is 0.0953. The van der Waals surface area contributed by atoms with E-state index in [-0.39, 0.29) is 5.91 Å². The summed E-state index contributed by atoms with van der Waals surface area (Å²) in [6.45, 7) is 0.748. The van der Waals surface area contributed by atoms with Crippen LogP contribution in [0.4, 0.5) is 5.69 Å². The van der Waals surface area contributed by atoms with Crippen molar-refractivity contribution in [1.29, 1.82) is 0 Å². The highest BCUT2D eigenvalue weighted by atomic mass is 32.2. The van der Waals surface area contributed by atoms with Gasteiger partial charge in [0.15, 0.2) is 0 Å². The van der Waals surface area contributed by atoms with Crippen molar-refractivity contribution in [3.05, 3.63) is 23.3 Å². The number of pyridine rings is 1. The van der Waals surface area contributed by atoms with Crippen molar-refractivity contribution in [3.8, 4) is 0 Å². The SMILES string of the molecule is Nc1c(C(=O)NCC2CCSC2)sc2cnccc12. The Kier molecular flexibility index (Phi) is 3.61. The molecule has 6 heteroatoms. The molecule has 3 rings (SSSR count). The van der Waals surface area contributed by atoms with Crippen LogP contribution in [0.15, 0.2) is 18.5 Å². The number of nitrogen functional groups attached to an aromatic ring is 1. The molecule has 1 amide bonds. The lowest BCUT2D eigenvalue weighted by atomic mass is 10.1. The van der Waals surface area contributed by atoms with Crippen LogP contribution in [0.25, 0.3) is 10.1 Å². The second-order valence-electron chi connectivity index (χ2n) is 4.66. The molecule has 0 aromatic carbocycles. The molecule has 4 nitrogen and oxygen atoms in total. The van der Waals surface area contributed by atoms with Crippen LogP contribution < -0.4 is 11.1 Å². The van der Waals surface area contributed by atoms with Gasteiger partial charge in [-0.2, -0.15) is 11.8 Å². The van der Waals surface area contributed by atoms with Crippen LogP contribution in [-0.4, -0.2) is 28.9 Å². The van der Waals surface area contributed by atoms with Crippen molar-refractivity contribution in [1.82, 2.24) is 10.3 Å². The molecule has 19 heavy (non-hydrogen) atoms. The normalized spacial score (nSPS) is 18.8. The highest BCUT2D eigenvalue weighted by Crippen LogP contribution is 2.32. The van der Waals surface area contributed by atoms with Gasteiger partial charge < -0.3 is 11.1 Å². The van der Waals surface area contributed by atoms with E-state index in [2.05, 4.69) is 10.3 Å². The summed E-state index contributed by atoms with van der Waals surface area (Å²) >= 11 is 3.36. The van der Waals surface area contributed by atoms with Crippen LogP contribution >= 0.6 is 23.1 Å². The van der Waals surface area contributed by atoms with Crippen LogP contribution in [0, 0.1) is 5.92 Å². The number of thiophene rings is 1. The molecule has 0 spiro atoms. The Labute approximate surface area is 119 Å². The number of anilines is 1. The number of rotatable bonds is 3. The standard InChI is InChI=1S/C13H15N3OS2/c14-11-9-1-3-15-6-10(9)19-12(11)13(17)16-5-8-2-4-18-7-8/h1,3,6,8H,2,4-5,7,14H2,(H,16,17). The van der Waals surface area contributed by atoms with E-state index in [0.717, 1.165) is 22.4 Å². The smallest absolute Gasteiger partial charge is 0.263 e. The van der Waals surface area contributed by atoms with E-state index in [4.69, 9.17) is 5.73 Å². The molecule has 0 bridgehead atoms. The Bertz CT molecular complexity index is 605. The second kappa shape index (κ2) is 5.38. The van der Waals surface area contributed by atoms with Crippen molar-refractivity contribution in [2.24, 2.45) is 5.92 Å². The maximum atomic E-state index is 12.2. The summed E-state index contributed by atoms with van der Waals surface area (Å²) < 4.78 is 0.960. The zero-order valence-electron chi connectivity index (χ0n) is 10.4. The number of nitrogens with zero attached hydrogens (tertiary/aromatic N) is 1. The summed E-state index contributed by atoms with van der Waals surface area (Å²) in [4.78, 5) is 16.8. The highest BCUT2D eigenvalue weighted by Gasteiger charge is 2.19. The first-order chi connectivity index (χ1) is 9.25. The first-order valence-corrected chi connectivity index (χ1v) is 8.20. The molecule has 0 radical (unpaired) electrons. The van der Waals surface area contributed by atoms with E-state index >= 15 is 0 Å². The summed E-state index contributed by atoms with van der Waals surface area (Å²) in [6.07, 6.45) is 4.64. The molecule has 1 aliphatic heterocycles. The van der Waals surface area contributed by atoms with E-state index in [1.807, 2.05) is 17.8 Å². The number of thioether (sulfide) groups is 1. The van der Waals surface area contributed by atoms with Crippen molar-refractivity contribution < 1.29 is 4.79 Å². The minimum absolute atomic E-state index is 0.0596. The first-order valence-electron chi connectivity index (χ1n) is 6.23. The number of hydrogen-bond acceptors (Lipinski definition) is 5. The number of fused-ring (bicyclic) bond motifs is 1. The van der Waals surface area contributed by atoms with Crippen molar-refractivity contribution in [3.63, 3.8) is 0 Å². The lowest BCUT2D eigenvalue weighted by Crippen LogP contribution is -2.29. The molecule has 0 aliphatic carbocycles. The number of hydrogen-bond donors (Lipinski definition) is 2. The summed E-state index contributed by atoms with van der Waals surface area (Å²) in [5.41, 5.74) is 6.61. The average Bonchev–Trinajstić information content (AvgIpc) is 3.05. The average molecular weight is 293 g/mol. The summed E-state index contributed by atoms with van der Waals surface area (Å²) in [7, 11) is 0. The molecule has 2 aromatic rings. The molecule has 1 aliphatic rings. The Morgan fingerprint density at radius 3 is 3.21 bits per heavy atom. The van der Waals surface area contributed by atoms with E-state index in [1.165, 1.54) is 23.5 Å². The summed E-state index contributed by atoms with van der Waals surface area (Å²) in [6, 6.07) is 1.85. The van der Waals surface area contributed by atoms with Gasteiger partial charge in [-0.1, -0.05) is 0 Å². The fourth-order valence-electron chi connectivity index (χ4n) is 2.20. The third-order valence-corrected chi connectivity index (χ3v) is 5.70. The van der Waals surface area contributed by atoms with E-state index in [9.17, 15) is 4.79 Å². The quantitative estimate of drug-likeness (QED) is 0.911. The minimum atomic E-state index is -0.0596. The summed E-state index contributed by atoms with van der Waals surface area (Å²) in [5.74, 6) is 2.89.